The van der Waals surface area contributed by atoms with Crippen molar-refractivity contribution in [1.82, 2.24) is 14.8 Å². The normalized spacial score (nSPS) is 10.1. The Hall–Kier alpha value is -1.71. The van der Waals surface area contributed by atoms with Crippen molar-refractivity contribution >= 4 is 0 Å². The number of aromatic nitrogens is 3. The fourth-order valence-corrected chi connectivity index (χ4v) is 0.910. The van der Waals surface area contributed by atoms with Crippen LogP contribution < -0.4 is 0 Å². The van der Waals surface area contributed by atoms with E-state index in [0.717, 1.165) is 0 Å². The third kappa shape index (κ3) is 1.18. The first-order valence-electron chi connectivity index (χ1n) is 3.38. The van der Waals surface area contributed by atoms with Gasteiger partial charge in [-0.3, -0.25) is 0 Å². The topological polar surface area (TPSA) is 30.7 Å². The van der Waals surface area contributed by atoms with E-state index in [1.807, 2.05) is 0 Å². The van der Waals surface area contributed by atoms with Crippen molar-refractivity contribution in [2.45, 2.75) is 0 Å². The molecule has 0 bridgehead atoms. The summed E-state index contributed by atoms with van der Waals surface area (Å²) in [6, 6.07) is 6.96. The van der Waals surface area contributed by atoms with Gasteiger partial charge in [-0.15, -0.1) is 0 Å². The zero-order chi connectivity index (χ0) is 8.39. The van der Waals surface area contributed by atoms with E-state index in [4.69, 9.17) is 0 Å². The predicted molar refractivity (Wildman–Crippen MR) is 40.2 cm³/mol. The largest absolute Gasteiger partial charge is 0.223 e. The lowest BCUT2D eigenvalue weighted by Gasteiger charge is -1.97. The van der Waals surface area contributed by atoms with E-state index in [0.29, 0.717) is 5.69 Å². The van der Waals surface area contributed by atoms with Gasteiger partial charge in [0, 0.05) is 12.1 Å². The van der Waals surface area contributed by atoms with Gasteiger partial charge in [-0.1, -0.05) is 0 Å². The molecule has 1 aromatic carbocycles. The molecule has 12 heavy (non-hydrogen) atoms. The summed E-state index contributed by atoms with van der Waals surface area (Å²) >= 11 is 0. The van der Waals surface area contributed by atoms with Crippen LogP contribution in [0.4, 0.5) is 4.39 Å². The summed E-state index contributed by atoms with van der Waals surface area (Å²) in [5, 5.41) is 3.85. The summed E-state index contributed by atoms with van der Waals surface area (Å²) in [6.45, 7) is 0. The first-order valence-corrected chi connectivity index (χ1v) is 3.38. The lowest BCUT2D eigenvalue weighted by atomic mass is 10.3. The Morgan fingerprint density at radius 1 is 1.50 bits per heavy atom. The van der Waals surface area contributed by atoms with Crippen molar-refractivity contribution in [3.8, 4) is 5.69 Å². The Morgan fingerprint density at radius 3 is 3.08 bits per heavy atom. The molecule has 1 heterocycles. The molecule has 2 rings (SSSR count). The zero-order valence-electron chi connectivity index (χ0n) is 6.11. The van der Waals surface area contributed by atoms with Crippen molar-refractivity contribution < 1.29 is 4.39 Å². The molecule has 1 radical (unpaired) electrons. The number of hydrogen-bond donors (Lipinski definition) is 0. The molecule has 3 nitrogen and oxygen atoms in total. The maximum Gasteiger partial charge on any atom is 0.138 e. The van der Waals surface area contributed by atoms with Crippen LogP contribution in [-0.4, -0.2) is 14.8 Å². The zero-order valence-corrected chi connectivity index (χ0v) is 6.11. The lowest BCUT2D eigenvalue weighted by Crippen LogP contribution is -1.94. The predicted octanol–water partition coefficient (Wildman–Crippen LogP) is 1.21. The highest BCUT2D eigenvalue weighted by molar-refractivity contribution is 5.29. The number of rotatable bonds is 1. The Morgan fingerprint density at radius 2 is 2.42 bits per heavy atom. The second-order valence-electron chi connectivity index (χ2n) is 2.23. The smallest absolute Gasteiger partial charge is 0.138 e. The summed E-state index contributed by atoms with van der Waals surface area (Å²) < 4.78 is 14.1. The first-order chi connectivity index (χ1) is 5.86. The van der Waals surface area contributed by atoms with Crippen LogP contribution in [0.5, 0.6) is 0 Å². The Labute approximate surface area is 68.5 Å². The highest BCUT2D eigenvalue weighted by Crippen LogP contribution is 2.06. The number of hydrogen-bond acceptors (Lipinski definition) is 2. The molecule has 0 fully saturated rings. The fourth-order valence-electron chi connectivity index (χ4n) is 0.910. The van der Waals surface area contributed by atoms with E-state index < -0.39 is 5.82 Å². The van der Waals surface area contributed by atoms with E-state index >= 15 is 0 Å². The van der Waals surface area contributed by atoms with Gasteiger partial charge in [0.25, 0.3) is 0 Å². The summed E-state index contributed by atoms with van der Waals surface area (Å²) in [5.74, 6) is -0.400. The van der Waals surface area contributed by atoms with Gasteiger partial charge in [0.15, 0.2) is 0 Å². The maximum atomic E-state index is 12.6. The van der Waals surface area contributed by atoms with Gasteiger partial charge in [-0.2, -0.15) is 5.10 Å². The molecule has 0 amide bonds. The fraction of sp³-hybridized carbons (Fsp3) is 0. The third-order valence-corrected chi connectivity index (χ3v) is 1.43. The average molecular weight is 162 g/mol. The van der Waals surface area contributed by atoms with Crippen molar-refractivity contribution in [3.63, 3.8) is 0 Å². The summed E-state index contributed by atoms with van der Waals surface area (Å²) in [4.78, 5) is 3.75. The minimum Gasteiger partial charge on any atom is -0.223 e. The number of benzene rings is 1. The SMILES string of the molecule is Fc1[c]ccc(-n2cncn2)c1. The number of halogens is 1. The summed E-state index contributed by atoms with van der Waals surface area (Å²) in [5.41, 5.74) is 0.642. The monoisotopic (exact) mass is 162 g/mol. The van der Waals surface area contributed by atoms with E-state index in [1.165, 1.54) is 29.5 Å². The van der Waals surface area contributed by atoms with Gasteiger partial charge in [0.05, 0.1) is 5.69 Å². The minimum atomic E-state index is -0.400. The standard InChI is InChI=1S/C8H5FN3/c9-7-2-1-3-8(4-7)12-6-10-5-11-12/h1,3-6H. The van der Waals surface area contributed by atoms with Gasteiger partial charge in [-0.25, -0.2) is 14.1 Å². The van der Waals surface area contributed by atoms with Crippen molar-refractivity contribution in [2.24, 2.45) is 0 Å². The van der Waals surface area contributed by atoms with Crippen LogP contribution >= 0.6 is 0 Å². The van der Waals surface area contributed by atoms with Crippen molar-refractivity contribution in [2.75, 3.05) is 0 Å². The van der Waals surface area contributed by atoms with Gasteiger partial charge in [0.1, 0.15) is 18.5 Å². The molecule has 0 saturated heterocycles. The summed E-state index contributed by atoms with van der Waals surface area (Å²) in [6.07, 6.45) is 2.91. The molecule has 0 aliphatic carbocycles. The molecule has 0 aliphatic heterocycles. The highest BCUT2D eigenvalue weighted by atomic mass is 19.1. The first kappa shape index (κ1) is 6.97. The molecule has 0 saturated carbocycles. The van der Waals surface area contributed by atoms with E-state index in [2.05, 4.69) is 16.1 Å². The van der Waals surface area contributed by atoms with E-state index in [9.17, 15) is 4.39 Å². The van der Waals surface area contributed by atoms with Crippen LogP contribution in [-0.2, 0) is 0 Å². The quantitative estimate of drug-likeness (QED) is 0.630. The molecule has 0 unspecified atom stereocenters. The molecule has 2 aromatic rings. The molecule has 4 heteroatoms. The average Bonchev–Trinajstić information content (AvgIpc) is 2.56. The van der Waals surface area contributed by atoms with Crippen LogP contribution in [0.15, 0.2) is 30.9 Å². The lowest BCUT2D eigenvalue weighted by molar-refractivity contribution is 0.623. The van der Waals surface area contributed by atoms with E-state index in [1.54, 1.807) is 6.07 Å². The second kappa shape index (κ2) is 2.73. The molecular weight excluding hydrogens is 157 g/mol. The maximum absolute atomic E-state index is 12.6. The highest BCUT2D eigenvalue weighted by Gasteiger charge is 1.96. The van der Waals surface area contributed by atoms with Gasteiger partial charge in [-0.05, 0) is 12.1 Å². The van der Waals surface area contributed by atoms with Gasteiger partial charge < -0.3 is 0 Å². The molecule has 0 atom stereocenters. The van der Waals surface area contributed by atoms with Crippen molar-refractivity contribution in [1.29, 1.82) is 0 Å². The molecule has 0 N–H and O–H groups in total. The van der Waals surface area contributed by atoms with Crippen LogP contribution in [0, 0.1) is 11.9 Å². The molecule has 1 aromatic heterocycles. The van der Waals surface area contributed by atoms with Crippen LogP contribution in [0.25, 0.3) is 5.69 Å². The minimum absolute atomic E-state index is 0.400. The van der Waals surface area contributed by atoms with Crippen LogP contribution in [0.3, 0.4) is 0 Å². The third-order valence-electron chi connectivity index (χ3n) is 1.43. The number of nitrogens with zero attached hydrogens (tertiary/aromatic N) is 3. The van der Waals surface area contributed by atoms with Crippen molar-refractivity contribution in [3.05, 3.63) is 42.7 Å². The van der Waals surface area contributed by atoms with Gasteiger partial charge >= 0.3 is 0 Å². The van der Waals surface area contributed by atoms with Crippen LogP contribution in [0.1, 0.15) is 0 Å². The Kier molecular flexibility index (Phi) is 1.59. The summed E-state index contributed by atoms with van der Waals surface area (Å²) in [7, 11) is 0. The molecule has 0 spiro atoms. The molecule has 59 valence electrons. The second-order valence-corrected chi connectivity index (χ2v) is 2.23. The van der Waals surface area contributed by atoms with Gasteiger partial charge in [0.2, 0.25) is 0 Å². The Balaban J connectivity index is 2.48. The van der Waals surface area contributed by atoms with E-state index in [-0.39, 0.29) is 0 Å². The molecule has 0 aliphatic rings. The van der Waals surface area contributed by atoms with Crippen LogP contribution in [0.2, 0.25) is 0 Å². The Bertz CT molecular complexity index is 370. The molecular formula is C8H5FN3.